The number of ether oxygens (including phenoxy) is 1. The standard InChI is InChI=1S/C16H20ClNO3/c1-3-14(4-2)18-15(19)11-21-16(20)10-7-12-5-8-13(17)9-6-12/h5-10,14H,3-4,11H2,1-2H3,(H,18,19)/b10-7+. The molecular weight excluding hydrogens is 290 g/mol. The van der Waals surface area contributed by atoms with E-state index in [1.807, 2.05) is 13.8 Å². The number of esters is 1. The monoisotopic (exact) mass is 309 g/mol. The molecule has 0 radical (unpaired) electrons. The van der Waals surface area contributed by atoms with E-state index in [2.05, 4.69) is 5.32 Å². The molecule has 1 aromatic rings. The Labute approximate surface area is 130 Å². The molecule has 0 saturated carbocycles. The Balaban J connectivity index is 2.36. The zero-order chi connectivity index (χ0) is 15.7. The normalized spacial score (nSPS) is 10.9. The van der Waals surface area contributed by atoms with E-state index in [1.165, 1.54) is 6.08 Å². The maximum absolute atomic E-state index is 11.6. The van der Waals surface area contributed by atoms with Crippen molar-refractivity contribution in [3.05, 3.63) is 40.9 Å². The summed E-state index contributed by atoms with van der Waals surface area (Å²) in [5, 5.41) is 3.43. The van der Waals surface area contributed by atoms with E-state index >= 15 is 0 Å². The Hall–Kier alpha value is -1.81. The fourth-order valence-electron chi connectivity index (χ4n) is 1.69. The van der Waals surface area contributed by atoms with Crippen molar-refractivity contribution in [1.29, 1.82) is 0 Å². The van der Waals surface area contributed by atoms with Crippen molar-refractivity contribution >= 4 is 29.6 Å². The van der Waals surface area contributed by atoms with Gasteiger partial charge in [-0.3, -0.25) is 4.79 Å². The van der Waals surface area contributed by atoms with Crippen molar-refractivity contribution in [3.8, 4) is 0 Å². The number of hydrogen-bond acceptors (Lipinski definition) is 3. The maximum atomic E-state index is 11.6. The molecule has 0 heterocycles. The fraction of sp³-hybridized carbons (Fsp3) is 0.375. The molecule has 0 spiro atoms. The summed E-state index contributed by atoms with van der Waals surface area (Å²) in [6.07, 6.45) is 4.60. The predicted molar refractivity (Wildman–Crippen MR) is 84.0 cm³/mol. The second-order valence-electron chi connectivity index (χ2n) is 4.57. The molecule has 5 heteroatoms. The van der Waals surface area contributed by atoms with E-state index in [0.717, 1.165) is 18.4 Å². The molecule has 0 aliphatic carbocycles. The van der Waals surface area contributed by atoms with Gasteiger partial charge in [0.25, 0.3) is 5.91 Å². The molecule has 1 amide bonds. The second kappa shape index (κ2) is 9.19. The lowest BCUT2D eigenvalue weighted by molar-refractivity contribution is -0.144. The first-order chi connectivity index (χ1) is 10.0. The quantitative estimate of drug-likeness (QED) is 0.621. The van der Waals surface area contributed by atoms with Gasteiger partial charge in [0, 0.05) is 17.1 Å². The highest BCUT2D eigenvalue weighted by atomic mass is 35.5. The maximum Gasteiger partial charge on any atom is 0.331 e. The molecule has 0 aliphatic heterocycles. The Kier molecular flexibility index (Phi) is 7.54. The Bertz CT molecular complexity index is 493. The van der Waals surface area contributed by atoms with Gasteiger partial charge in [-0.25, -0.2) is 4.79 Å². The Morgan fingerprint density at radius 3 is 2.43 bits per heavy atom. The molecule has 0 saturated heterocycles. The lowest BCUT2D eigenvalue weighted by Crippen LogP contribution is -2.36. The molecule has 0 aliphatic rings. The lowest BCUT2D eigenvalue weighted by atomic mass is 10.2. The van der Waals surface area contributed by atoms with Crippen LogP contribution in [0.25, 0.3) is 6.08 Å². The molecular formula is C16H20ClNO3. The second-order valence-corrected chi connectivity index (χ2v) is 5.01. The fourth-order valence-corrected chi connectivity index (χ4v) is 1.81. The smallest absolute Gasteiger partial charge is 0.331 e. The van der Waals surface area contributed by atoms with E-state index in [1.54, 1.807) is 30.3 Å². The summed E-state index contributed by atoms with van der Waals surface area (Å²) in [5.74, 6) is -0.832. The summed E-state index contributed by atoms with van der Waals surface area (Å²) in [6, 6.07) is 7.16. The molecule has 1 rings (SSSR count). The average Bonchev–Trinajstić information content (AvgIpc) is 2.50. The first-order valence-corrected chi connectivity index (χ1v) is 7.32. The van der Waals surface area contributed by atoms with Gasteiger partial charge in [0.1, 0.15) is 0 Å². The molecule has 4 nitrogen and oxygen atoms in total. The summed E-state index contributed by atoms with van der Waals surface area (Å²) < 4.78 is 4.88. The SMILES string of the molecule is CCC(CC)NC(=O)COC(=O)/C=C/c1ccc(Cl)cc1. The highest BCUT2D eigenvalue weighted by Gasteiger charge is 2.09. The molecule has 1 N–H and O–H groups in total. The van der Waals surface area contributed by atoms with E-state index in [0.29, 0.717) is 5.02 Å². The van der Waals surface area contributed by atoms with E-state index in [4.69, 9.17) is 16.3 Å². The van der Waals surface area contributed by atoms with Gasteiger partial charge in [-0.15, -0.1) is 0 Å². The summed E-state index contributed by atoms with van der Waals surface area (Å²) >= 11 is 5.76. The Morgan fingerprint density at radius 1 is 1.24 bits per heavy atom. The number of benzene rings is 1. The van der Waals surface area contributed by atoms with Crippen molar-refractivity contribution in [2.24, 2.45) is 0 Å². The minimum absolute atomic E-state index is 0.126. The van der Waals surface area contributed by atoms with Crippen LogP contribution in [-0.4, -0.2) is 24.5 Å². The van der Waals surface area contributed by atoms with Crippen LogP contribution in [0.5, 0.6) is 0 Å². The van der Waals surface area contributed by atoms with Gasteiger partial charge in [-0.2, -0.15) is 0 Å². The molecule has 0 bridgehead atoms. The van der Waals surface area contributed by atoms with E-state index < -0.39 is 5.97 Å². The van der Waals surface area contributed by atoms with Gasteiger partial charge in [-0.1, -0.05) is 37.6 Å². The van der Waals surface area contributed by atoms with Crippen LogP contribution < -0.4 is 5.32 Å². The van der Waals surface area contributed by atoms with Crippen LogP contribution in [0.3, 0.4) is 0 Å². The zero-order valence-electron chi connectivity index (χ0n) is 12.3. The van der Waals surface area contributed by atoms with Crippen LogP contribution in [0.4, 0.5) is 0 Å². The zero-order valence-corrected chi connectivity index (χ0v) is 13.0. The van der Waals surface area contributed by atoms with Crippen molar-refractivity contribution in [1.82, 2.24) is 5.32 Å². The van der Waals surface area contributed by atoms with Gasteiger partial charge < -0.3 is 10.1 Å². The molecule has 0 unspecified atom stereocenters. The van der Waals surface area contributed by atoms with Gasteiger partial charge in [0.2, 0.25) is 0 Å². The number of rotatable bonds is 7. The number of halogens is 1. The highest BCUT2D eigenvalue weighted by Crippen LogP contribution is 2.10. The summed E-state index contributed by atoms with van der Waals surface area (Å²) in [6.45, 7) is 3.73. The first kappa shape index (κ1) is 17.2. The van der Waals surface area contributed by atoms with Gasteiger partial charge >= 0.3 is 5.97 Å². The topological polar surface area (TPSA) is 55.4 Å². The average molecular weight is 310 g/mol. The largest absolute Gasteiger partial charge is 0.452 e. The summed E-state index contributed by atoms with van der Waals surface area (Å²) in [4.78, 5) is 23.1. The van der Waals surface area contributed by atoms with Gasteiger partial charge in [0.05, 0.1) is 0 Å². The van der Waals surface area contributed by atoms with Crippen LogP contribution in [0, 0.1) is 0 Å². The number of hydrogen-bond donors (Lipinski definition) is 1. The molecule has 1 aromatic carbocycles. The number of carbonyl (C=O) groups is 2. The van der Waals surface area contributed by atoms with E-state index in [-0.39, 0.29) is 18.6 Å². The minimum atomic E-state index is -0.551. The van der Waals surface area contributed by atoms with Crippen molar-refractivity contribution < 1.29 is 14.3 Å². The predicted octanol–water partition coefficient (Wildman–Crippen LogP) is 3.20. The minimum Gasteiger partial charge on any atom is -0.452 e. The Morgan fingerprint density at radius 2 is 1.86 bits per heavy atom. The van der Waals surface area contributed by atoms with Gasteiger partial charge in [0.15, 0.2) is 6.61 Å². The highest BCUT2D eigenvalue weighted by molar-refractivity contribution is 6.30. The first-order valence-electron chi connectivity index (χ1n) is 6.95. The van der Waals surface area contributed by atoms with Crippen molar-refractivity contribution in [2.45, 2.75) is 32.7 Å². The molecule has 0 atom stereocenters. The third-order valence-corrected chi connectivity index (χ3v) is 3.23. The third-order valence-electron chi connectivity index (χ3n) is 2.98. The molecule has 21 heavy (non-hydrogen) atoms. The number of amides is 1. The van der Waals surface area contributed by atoms with Gasteiger partial charge in [-0.05, 0) is 36.6 Å². The van der Waals surface area contributed by atoms with Crippen LogP contribution >= 0.6 is 11.6 Å². The number of carbonyl (C=O) groups excluding carboxylic acids is 2. The van der Waals surface area contributed by atoms with Crippen LogP contribution in [0.2, 0.25) is 5.02 Å². The van der Waals surface area contributed by atoms with Crippen molar-refractivity contribution in [3.63, 3.8) is 0 Å². The van der Waals surface area contributed by atoms with Crippen LogP contribution in [0.15, 0.2) is 30.3 Å². The molecule has 0 aromatic heterocycles. The van der Waals surface area contributed by atoms with Crippen LogP contribution in [-0.2, 0) is 14.3 Å². The van der Waals surface area contributed by atoms with Crippen molar-refractivity contribution in [2.75, 3.05) is 6.61 Å². The molecule has 114 valence electrons. The van der Waals surface area contributed by atoms with E-state index in [9.17, 15) is 9.59 Å². The van der Waals surface area contributed by atoms with Crippen LogP contribution in [0.1, 0.15) is 32.3 Å². The number of nitrogens with one attached hydrogen (secondary N) is 1. The third kappa shape index (κ3) is 6.95. The molecule has 0 fully saturated rings. The summed E-state index contributed by atoms with van der Waals surface area (Å²) in [5.41, 5.74) is 0.831. The lowest BCUT2D eigenvalue weighted by Gasteiger charge is -2.14. The summed E-state index contributed by atoms with van der Waals surface area (Å²) in [7, 11) is 0.